The van der Waals surface area contributed by atoms with E-state index in [1.165, 1.54) is 0 Å². The summed E-state index contributed by atoms with van der Waals surface area (Å²) in [5.74, 6) is 0. The predicted octanol–water partition coefficient (Wildman–Crippen LogP) is 1.78. The van der Waals surface area contributed by atoms with Crippen molar-refractivity contribution in [3.05, 3.63) is 0 Å². The van der Waals surface area contributed by atoms with E-state index in [2.05, 4.69) is 0 Å². The Bertz CT molecular complexity index is 307. The second-order valence-corrected chi connectivity index (χ2v) is 6.52. The van der Waals surface area contributed by atoms with Gasteiger partial charge in [-0.15, -0.1) is 0 Å². The van der Waals surface area contributed by atoms with Crippen molar-refractivity contribution in [1.82, 2.24) is 4.90 Å². The molecule has 106 valence electrons. The summed E-state index contributed by atoms with van der Waals surface area (Å²) in [6.45, 7) is 11.8. The molecule has 18 heavy (non-hydrogen) atoms. The zero-order valence-electron chi connectivity index (χ0n) is 12.2. The molecule has 1 aliphatic rings. The summed E-state index contributed by atoms with van der Waals surface area (Å²) in [6.07, 6.45) is -1.35. The molecule has 0 saturated carbocycles. The smallest absolute Gasteiger partial charge is 0.410 e. The van der Waals surface area contributed by atoms with Crippen molar-refractivity contribution in [2.45, 2.75) is 65.0 Å². The Hall–Kier alpha value is -0.810. The first-order valence-electron chi connectivity index (χ1n) is 6.34. The third kappa shape index (κ3) is 4.46. The van der Waals surface area contributed by atoms with Gasteiger partial charge < -0.3 is 19.5 Å². The summed E-state index contributed by atoms with van der Waals surface area (Å²) in [5, 5.41) is 9.64. The van der Waals surface area contributed by atoms with E-state index in [-0.39, 0.29) is 12.2 Å². The lowest BCUT2D eigenvalue weighted by atomic mass is 10.0. The van der Waals surface area contributed by atoms with E-state index in [1.807, 2.05) is 34.6 Å². The molecule has 1 N–H and O–H groups in total. The molecule has 1 saturated heterocycles. The number of hydrogen-bond donors (Lipinski definition) is 1. The number of ether oxygens (including phenoxy) is 2. The molecule has 0 aromatic carbocycles. The molecule has 0 aliphatic carbocycles. The highest BCUT2D eigenvalue weighted by Crippen LogP contribution is 2.24. The van der Waals surface area contributed by atoms with Crippen molar-refractivity contribution in [3.63, 3.8) is 0 Å². The molecular weight excluding hydrogens is 234 g/mol. The summed E-state index contributed by atoms with van der Waals surface area (Å²) in [4.78, 5) is 13.6. The maximum Gasteiger partial charge on any atom is 0.410 e. The van der Waals surface area contributed by atoms with E-state index in [4.69, 9.17) is 9.47 Å². The molecule has 1 heterocycles. The highest BCUT2D eigenvalue weighted by atomic mass is 16.6. The Labute approximate surface area is 109 Å². The predicted molar refractivity (Wildman–Crippen MR) is 68.4 cm³/mol. The molecule has 0 bridgehead atoms. The van der Waals surface area contributed by atoms with Crippen LogP contribution in [0.5, 0.6) is 0 Å². The molecule has 1 rings (SSSR count). The van der Waals surface area contributed by atoms with Gasteiger partial charge in [-0.25, -0.2) is 4.79 Å². The molecule has 1 amide bonds. The standard InChI is InChI=1S/C13H25NO4/c1-9(15)10-7-14(8-13(5,6)17-10)11(16)18-12(2,3)4/h9-10,15H,7-8H2,1-6H3/t9-,10+/m1/s1. The van der Waals surface area contributed by atoms with Crippen LogP contribution in [0.15, 0.2) is 0 Å². The summed E-state index contributed by atoms with van der Waals surface area (Å²) in [5.41, 5.74) is -0.989. The number of morpholine rings is 1. The molecule has 0 aromatic heterocycles. The molecule has 0 radical (unpaired) electrons. The van der Waals surface area contributed by atoms with Gasteiger partial charge in [0.15, 0.2) is 0 Å². The van der Waals surface area contributed by atoms with Gasteiger partial charge in [-0.2, -0.15) is 0 Å². The van der Waals surface area contributed by atoms with Crippen molar-refractivity contribution >= 4 is 6.09 Å². The van der Waals surface area contributed by atoms with Crippen molar-refractivity contribution in [1.29, 1.82) is 0 Å². The van der Waals surface area contributed by atoms with Gasteiger partial charge in [0, 0.05) is 0 Å². The third-order valence-corrected chi connectivity index (χ3v) is 2.63. The van der Waals surface area contributed by atoms with Gasteiger partial charge in [-0.05, 0) is 41.5 Å². The Kier molecular flexibility index (Phi) is 4.28. The minimum atomic E-state index is -0.616. The van der Waals surface area contributed by atoms with Crippen molar-refractivity contribution in [2.75, 3.05) is 13.1 Å². The van der Waals surface area contributed by atoms with Crippen LogP contribution in [0.2, 0.25) is 0 Å². The number of carbonyl (C=O) groups is 1. The van der Waals surface area contributed by atoms with E-state index < -0.39 is 17.3 Å². The first-order chi connectivity index (χ1) is 8.00. The molecule has 2 atom stereocenters. The number of aliphatic hydroxyl groups is 1. The van der Waals surface area contributed by atoms with Gasteiger partial charge in [0.1, 0.15) is 11.7 Å². The number of rotatable bonds is 1. The maximum atomic E-state index is 12.0. The molecule has 0 unspecified atom stereocenters. The minimum Gasteiger partial charge on any atom is -0.444 e. The molecule has 5 nitrogen and oxygen atoms in total. The largest absolute Gasteiger partial charge is 0.444 e. The molecular formula is C13H25NO4. The number of nitrogens with zero attached hydrogens (tertiary/aromatic N) is 1. The average Bonchev–Trinajstić information content (AvgIpc) is 2.12. The SMILES string of the molecule is C[C@@H](O)[C@@H]1CN(C(=O)OC(C)(C)C)CC(C)(C)O1. The molecule has 0 spiro atoms. The topological polar surface area (TPSA) is 59.0 Å². The van der Waals surface area contributed by atoms with Crippen molar-refractivity contribution < 1.29 is 19.4 Å². The van der Waals surface area contributed by atoms with Crippen LogP contribution in [0.3, 0.4) is 0 Å². The van der Waals surface area contributed by atoms with Gasteiger partial charge >= 0.3 is 6.09 Å². The van der Waals surface area contributed by atoms with E-state index in [0.717, 1.165) is 0 Å². The van der Waals surface area contributed by atoms with Gasteiger partial charge in [0.25, 0.3) is 0 Å². The van der Waals surface area contributed by atoms with Crippen LogP contribution < -0.4 is 0 Å². The lowest BCUT2D eigenvalue weighted by Crippen LogP contribution is -2.57. The van der Waals surface area contributed by atoms with Crippen LogP contribution in [0.4, 0.5) is 4.79 Å². The zero-order valence-corrected chi connectivity index (χ0v) is 12.2. The number of hydrogen-bond acceptors (Lipinski definition) is 4. The average molecular weight is 259 g/mol. The minimum absolute atomic E-state index is 0.357. The van der Waals surface area contributed by atoms with Crippen LogP contribution in [0, 0.1) is 0 Å². The van der Waals surface area contributed by atoms with Gasteiger partial charge in [-0.1, -0.05) is 0 Å². The summed E-state index contributed by atoms with van der Waals surface area (Å²) < 4.78 is 11.1. The lowest BCUT2D eigenvalue weighted by molar-refractivity contribution is -0.163. The number of amides is 1. The first kappa shape index (κ1) is 15.2. The Balaban J connectivity index is 2.73. The lowest BCUT2D eigenvalue weighted by Gasteiger charge is -2.43. The maximum absolute atomic E-state index is 12.0. The normalized spacial score (nSPS) is 25.7. The Morgan fingerprint density at radius 2 is 2.06 bits per heavy atom. The second-order valence-electron chi connectivity index (χ2n) is 6.52. The van der Waals surface area contributed by atoms with Gasteiger partial charge in [-0.3, -0.25) is 0 Å². The molecule has 0 aromatic rings. The van der Waals surface area contributed by atoms with Gasteiger partial charge in [0.05, 0.1) is 24.8 Å². The van der Waals surface area contributed by atoms with Crippen LogP contribution in [0.25, 0.3) is 0 Å². The fourth-order valence-electron chi connectivity index (χ4n) is 1.94. The van der Waals surface area contributed by atoms with E-state index in [0.29, 0.717) is 13.1 Å². The van der Waals surface area contributed by atoms with Crippen LogP contribution in [-0.4, -0.2) is 52.6 Å². The number of carbonyl (C=O) groups excluding carboxylic acids is 1. The number of aliphatic hydroxyl groups excluding tert-OH is 1. The highest BCUT2D eigenvalue weighted by molar-refractivity contribution is 5.68. The molecule has 1 fully saturated rings. The Morgan fingerprint density at radius 1 is 1.50 bits per heavy atom. The van der Waals surface area contributed by atoms with E-state index in [1.54, 1.807) is 11.8 Å². The van der Waals surface area contributed by atoms with Crippen LogP contribution in [0.1, 0.15) is 41.5 Å². The van der Waals surface area contributed by atoms with Gasteiger partial charge in [0.2, 0.25) is 0 Å². The summed E-state index contributed by atoms with van der Waals surface area (Å²) in [7, 11) is 0. The quantitative estimate of drug-likeness (QED) is 0.780. The van der Waals surface area contributed by atoms with Crippen LogP contribution >= 0.6 is 0 Å². The first-order valence-corrected chi connectivity index (χ1v) is 6.34. The van der Waals surface area contributed by atoms with E-state index in [9.17, 15) is 9.90 Å². The molecule has 1 aliphatic heterocycles. The Morgan fingerprint density at radius 3 is 2.50 bits per heavy atom. The fourth-order valence-corrected chi connectivity index (χ4v) is 1.94. The van der Waals surface area contributed by atoms with Crippen molar-refractivity contribution in [3.8, 4) is 0 Å². The monoisotopic (exact) mass is 259 g/mol. The summed E-state index contributed by atoms with van der Waals surface area (Å²) >= 11 is 0. The molecule has 5 heteroatoms. The van der Waals surface area contributed by atoms with Crippen molar-refractivity contribution in [2.24, 2.45) is 0 Å². The highest BCUT2D eigenvalue weighted by Gasteiger charge is 2.38. The zero-order chi connectivity index (χ0) is 14.1. The fraction of sp³-hybridized carbons (Fsp3) is 0.923. The summed E-state index contributed by atoms with van der Waals surface area (Å²) in [6, 6.07) is 0. The van der Waals surface area contributed by atoms with E-state index >= 15 is 0 Å². The van der Waals surface area contributed by atoms with Crippen LogP contribution in [-0.2, 0) is 9.47 Å². The second kappa shape index (κ2) is 5.05. The third-order valence-electron chi connectivity index (χ3n) is 2.63.